The minimum Gasteiger partial charge on any atom is -0.377 e. The van der Waals surface area contributed by atoms with Crippen molar-refractivity contribution in [2.45, 2.75) is 11.7 Å². The predicted octanol–water partition coefficient (Wildman–Crippen LogP) is -0.0522. The molecule has 23 heavy (non-hydrogen) atoms. The Balaban J connectivity index is 5.07. The Hall–Kier alpha value is 0.180. The van der Waals surface area contributed by atoms with Crippen LogP contribution in [-0.2, 0) is 31.6 Å². The maximum atomic E-state index is 11.5. The zero-order valence-corrected chi connectivity index (χ0v) is 14.8. The van der Waals surface area contributed by atoms with Crippen LogP contribution in [0.5, 0.6) is 0 Å². The molecule has 0 amide bonds. The van der Waals surface area contributed by atoms with Crippen molar-refractivity contribution in [3.8, 4) is 12.3 Å². The van der Waals surface area contributed by atoms with E-state index < -0.39 is 47.7 Å². The molecule has 0 aliphatic carbocycles. The number of alkyl halides is 1. The Morgan fingerprint density at radius 3 is 2.04 bits per heavy atom. The zero-order valence-electron chi connectivity index (χ0n) is 11.4. The number of halogens is 1. The molecule has 0 aromatic rings. The van der Waals surface area contributed by atoms with Crippen LogP contribution in [-0.4, -0.2) is 56.0 Å². The van der Waals surface area contributed by atoms with Gasteiger partial charge in [-0.2, -0.15) is 8.62 Å². The first kappa shape index (κ1) is 23.2. The number of terminal acetylenes is 1. The van der Waals surface area contributed by atoms with Crippen LogP contribution in [0.4, 0.5) is 0 Å². The molecule has 12 nitrogen and oxygen atoms in total. The summed E-state index contributed by atoms with van der Waals surface area (Å²) in [6, 6.07) is 0. The summed E-state index contributed by atoms with van der Waals surface area (Å²) in [6.45, 7) is -0.970. The lowest BCUT2D eigenvalue weighted by Crippen LogP contribution is -2.49. The van der Waals surface area contributed by atoms with Crippen molar-refractivity contribution in [1.29, 1.82) is 0 Å². The Morgan fingerprint density at radius 2 is 1.70 bits per heavy atom. The molecular weight excluding hydrogens is 404 g/mol. The number of phosphoric ester groups is 1. The Bertz CT molecular complexity index is 576. The van der Waals surface area contributed by atoms with E-state index in [0.29, 0.717) is 0 Å². The second-order valence-corrected chi connectivity index (χ2v) is 8.52. The highest BCUT2D eigenvalue weighted by molar-refractivity contribution is 7.66. The zero-order chi connectivity index (χ0) is 18.5. The monoisotopic (exact) mass is 418 g/mol. The summed E-state index contributed by atoms with van der Waals surface area (Å²) in [6.07, 6.45) is 3.29. The molecule has 0 fully saturated rings. The van der Waals surface area contributed by atoms with Crippen molar-refractivity contribution < 1.29 is 56.3 Å². The number of rotatable bonds is 10. The minimum absolute atomic E-state index is 0.509. The van der Waals surface area contributed by atoms with Crippen LogP contribution in [0.15, 0.2) is 0 Å². The molecule has 0 aliphatic heterocycles. The minimum atomic E-state index is -5.64. The van der Waals surface area contributed by atoms with Crippen LogP contribution < -0.4 is 0 Å². The Kier molecular flexibility index (Phi) is 8.58. The molecule has 0 heterocycles. The molecule has 0 rings (SSSR count). The third-order valence-electron chi connectivity index (χ3n) is 2.18. The summed E-state index contributed by atoms with van der Waals surface area (Å²) in [5, 5.41) is 9.58. The van der Waals surface area contributed by atoms with Crippen LogP contribution in [0.1, 0.15) is 0 Å². The molecule has 5 N–H and O–H groups in total. The highest BCUT2D eigenvalue weighted by atomic mass is 35.5. The van der Waals surface area contributed by atoms with Gasteiger partial charge in [-0.1, -0.05) is 5.92 Å². The van der Waals surface area contributed by atoms with E-state index in [1.165, 1.54) is 0 Å². The van der Waals surface area contributed by atoms with E-state index in [2.05, 4.69) is 13.1 Å². The number of aliphatic hydroxyl groups is 1. The van der Waals surface area contributed by atoms with Gasteiger partial charge in [0.05, 0.1) is 12.5 Å². The van der Waals surface area contributed by atoms with E-state index in [0.717, 1.165) is 7.11 Å². The smallest absolute Gasteiger partial charge is 0.377 e. The van der Waals surface area contributed by atoms with Gasteiger partial charge in [0.15, 0.2) is 0 Å². The van der Waals surface area contributed by atoms with Gasteiger partial charge in [-0.05, 0) is 0 Å². The van der Waals surface area contributed by atoms with Crippen LogP contribution in [0.3, 0.4) is 0 Å². The molecule has 0 aromatic heterocycles. The molecule has 136 valence electrons. The number of methoxy groups -OCH3 is 1. The number of phosphoric acid groups is 3. The van der Waals surface area contributed by atoms with E-state index in [9.17, 15) is 23.7 Å². The molecule has 0 saturated heterocycles. The third kappa shape index (κ3) is 8.20. The van der Waals surface area contributed by atoms with Crippen LogP contribution in [0.2, 0.25) is 0 Å². The van der Waals surface area contributed by atoms with E-state index in [1.807, 2.05) is 5.92 Å². The lowest BCUT2D eigenvalue weighted by molar-refractivity contribution is -0.0914. The predicted molar refractivity (Wildman–Crippen MR) is 75.1 cm³/mol. The fraction of sp³-hybridized carbons (Fsp3) is 0.714. The van der Waals surface area contributed by atoms with Gasteiger partial charge in [-0.15, -0.1) is 18.0 Å². The Morgan fingerprint density at radius 1 is 1.17 bits per heavy atom. The Labute approximate surface area is 135 Å². The normalized spacial score (nSPS) is 21.5. The van der Waals surface area contributed by atoms with Gasteiger partial charge in [0.1, 0.15) is 11.7 Å². The SMILES string of the molecule is C#C[C@H](O)[C@@](CCl)(COP(=O)(O)OP(=O)(O)OP(=O)(O)O)OC. The lowest BCUT2D eigenvalue weighted by Gasteiger charge is -2.32. The van der Waals surface area contributed by atoms with E-state index in [4.69, 9.17) is 37.4 Å². The molecule has 0 aromatic carbocycles. The van der Waals surface area contributed by atoms with Crippen LogP contribution in [0.25, 0.3) is 0 Å². The maximum Gasteiger partial charge on any atom is 0.490 e. The molecule has 0 saturated carbocycles. The van der Waals surface area contributed by atoms with Crippen molar-refractivity contribution in [2.24, 2.45) is 0 Å². The van der Waals surface area contributed by atoms with Gasteiger partial charge in [-0.25, -0.2) is 13.7 Å². The average Bonchev–Trinajstić information content (AvgIpc) is 2.35. The van der Waals surface area contributed by atoms with Gasteiger partial charge < -0.3 is 29.4 Å². The first-order chi connectivity index (χ1) is 10.2. The molecule has 0 spiro atoms. The van der Waals surface area contributed by atoms with Crippen molar-refractivity contribution in [1.82, 2.24) is 0 Å². The molecule has 4 atom stereocenters. The largest absolute Gasteiger partial charge is 0.490 e. The third-order valence-corrected chi connectivity index (χ3v) is 6.41. The summed E-state index contributed by atoms with van der Waals surface area (Å²) in [5.41, 5.74) is -1.86. The standard InChI is InChI=1S/C7H14ClO12P3/c1-3-6(9)7(4-8,17-2)5-18-22(13,14)20-23(15,16)19-21(10,11)12/h1,6,9H,4-5H2,2H3,(H,13,14)(H,15,16)(H2,10,11,12)/t6-,7+/m0/s1. The van der Waals surface area contributed by atoms with Crippen molar-refractivity contribution in [2.75, 3.05) is 19.6 Å². The molecular formula is C7H14ClO12P3. The van der Waals surface area contributed by atoms with Gasteiger partial charge in [0.25, 0.3) is 0 Å². The van der Waals surface area contributed by atoms with Crippen LogP contribution in [0, 0.1) is 12.3 Å². The number of hydrogen-bond donors (Lipinski definition) is 5. The average molecular weight is 419 g/mol. The molecule has 2 unspecified atom stereocenters. The first-order valence-corrected chi connectivity index (χ1v) is 10.3. The fourth-order valence-corrected chi connectivity index (χ4v) is 4.47. The van der Waals surface area contributed by atoms with Crippen LogP contribution >= 0.6 is 35.1 Å². The second-order valence-electron chi connectivity index (χ2n) is 3.84. The van der Waals surface area contributed by atoms with Crippen molar-refractivity contribution in [3.63, 3.8) is 0 Å². The highest BCUT2D eigenvalue weighted by Gasteiger charge is 2.44. The van der Waals surface area contributed by atoms with E-state index in [-0.39, 0.29) is 0 Å². The summed E-state index contributed by atoms with van der Waals surface area (Å²) in [7, 11) is -15.5. The topological polar surface area (TPSA) is 189 Å². The summed E-state index contributed by atoms with van der Waals surface area (Å²) in [5.74, 6) is 1.34. The second kappa shape index (κ2) is 8.52. The highest BCUT2D eigenvalue weighted by Crippen LogP contribution is 2.66. The van der Waals surface area contributed by atoms with Gasteiger partial charge in [-0.3, -0.25) is 4.52 Å². The summed E-state index contributed by atoms with van der Waals surface area (Å²) >= 11 is 5.54. The maximum absolute atomic E-state index is 11.5. The summed E-state index contributed by atoms with van der Waals surface area (Å²) < 4.78 is 49.2. The summed E-state index contributed by atoms with van der Waals surface area (Å²) in [4.78, 5) is 34.9. The van der Waals surface area contributed by atoms with E-state index in [1.54, 1.807) is 0 Å². The fourth-order valence-electron chi connectivity index (χ4n) is 1.06. The molecule has 0 aliphatic rings. The van der Waals surface area contributed by atoms with Gasteiger partial charge >= 0.3 is 23.5 Å². The quantitative estimate of drug-likeness (QED) is 0.181. The van der Waals surface area contributed by atoms with E-state index >= 15 is 0 Å². The number of hydrogen-bond acceptors (Lipinski definition) is 8. The number of aliphatic hydroxyl groups excluding tert-OH is 1. The van der Waals surface area contributed by atoms with Gasteiger partial charge in [0.2, 0.25) is 0 Å². The van der Waals surface area contributed by atoms with Crippen molar-refractivity contribution in [3.05, 3.63) is 0 Å². The van der Waals surface area contributed by atoms with Crippen molar-refractivity contribution >= 4 is 35.1 Å². The first-order valence-electron chi connectivity index (χ1n) is 5.26. The number of ether oxygens (including phenoxy) is 1. The molecule has 0 bridgehead atoms. The lowest BCUT2D eigenvalue weighted by atomic mass is 10.0. The molecule has 16 heteroatoms. The van der Waals surface area contributed by atoms with Gasteiger partial charge in [0, 0.05) is 7.11 Å². The molecule has 0 radical (unpaired) electrons.